The summed E-state index contributed by atoms with van der Waals surface area (Å²) in [5, 5.41) is 0. The van der Waals surface area contributed by atoms with E-state index in [9.17, 15) is 0 Å². The zero-order valence-corrected chi connectivity index (χ0v) is 6.40. The van der Waals surface area contributed by atoms with Crippen molar-refractivity contribution in [2.24, 2.45) is 0 Å². The molecule has 0 radical (unpaired) electrons. The highest BCUT2D eigenvalue weighted by atomic mass is 127. The van der Waals surface area contributed by atoms with Gasteiger partial charge in [-0.25, -0.2) is 0 Å². The highest BCUT2D eigenvalue weighted by Crippen LogP contribution is 2.06. The molecule has 0 atom stereocenters. The van der Waals surface area contributed by atoms with Crippen LogP contribution in [0.15, 0.2) is 11.8 Å². The van der Waals surface area contributed by atoms with Crippen LogP contribution in [0.4, 0.5) is 0 Å². The number of rotatable bonds is 1. The number of hydrogen-bond donors (Lipinski definition) is 1. The van der Waals surface area contributed by atoms with Crippen molar-refractivity contribution in [2.75, 3.05) is 0 Å². The maximum Gasteiger partial charge on any atom is 0.00910 e. The van der Waals surface area contributed by atoms with Crippen molar-refractivity contribution >= 4 is 25.0 Å². The topological polar surface area (TPSA) is 12.0 Å². The fourth-order valence-electron chi connectivity index (χ4n) is 0.414. The average molecular weight is 209 g/mol. The van der Waals surface area contributed by atoms with Gasteiger partial charge in [-0.2, -0.15) is 0 Å². The molecule has 1 rings (SSSR count). The monoisotopic (exact) mass is 209 g/mol. The van der Waals surface area contributed by atoms with Crippen LogP contribution in [0, 0.1) is 0 Å². The maximum absolute atomic E-state index is 3.22. The highest BCUT2D eigenvalue weighted by molar-refractivity contribution is 14.2. The molecule has 1 heterocycles. The summed E-state index contributed by atoms with van der Waals surface area (Å²) in [6, 6.07) is 0. The van der Waals surface area contributed by atoms with Crippen LogP contribution < -0.4 is 3.53 Å². The van der Waals surface area contributed by atoms with Crippen molar-refractivity contribution in [2.45, 2.75) is 13.3 Å². The first-order chi connectivity index (χ1) is 3.43. The number of halogens is 1. The molecule has 0 fully saturated rings. The largest absolute Gasteiger partial charge is 0.340 e. The first-order valence-corrected chi connectivity index (χ1v) is 4.66. The van der Waals surface area contributed by atoms with Gasteiger partial charge in [0.2, 0.25) is 0 Å². The summed E-state index contributed by atoms with van der Waals surface area (Å²) in [6.45, 7) is 2.18. The average Bonchev–Trinajstić information content (AvgIpc) is 2.14. The molecule has 0 amide bonds. The SMILES string of the molecule is CCC1=CNI=C1. The summed E-state index contributed by atoms with van der Waals surface area (Å²) < 4.78 is 5.53. The molecule has 1 N–H and O–H groups in total. The molecule has 2 heteroatoms. The zero-order valence-electron chi connectivity index (χ0n) is 4.24. The van der Waals surface area contributed by atoms with Crippen molar-refractivity contribution < 1.29 is 0 Å². The lowest BCUT2D eigenvalue weighted by molar-refractivity contribution is 1.17. The minimum Gasteiger partial charge on any atom is -0.340 e. The quantitative estimate of drug-likeness (QED) is 0.510. The van der Waals surface area contributed by atoms with E-state index in [1.54, 1.807) is 0 Å². The lowest BCUT2D eigenvalue weighted by atomic mass is 10.3. The van der Waals surface area contributed by atoms with Crippen LogP contribution in [0.25, 0.3) is 0 Å². The maximum atomic E-state index is 3.22. The van der Waals surface area contributed by atoms with Gasteiger partial charge >= 0.3 is 0 Å². The Labute approximate surface area is 53.9 Å². The van der Waals surface area contributed by atoms with Crippen LogP contribution in [-0.4, -0.2) is 4.01 Å². The fourth-order valence-corrected chi connectivity index (χ4v) is 2.19. The first-order valence-electron chi connectivity index (χ1n) is 2.33. The molecule has 0 aromatic rings. The van der Waals surface area contributed by atoms with E-state index >= 15 is 0 Å². The third kappa shape index (κ3) is 1.26. The minimum absolute atomic E-state index is 0.228. The van der Waals surface area contributed by atoms with E-state index in [0.29, 0.717) is 0 Å². The van der Waals surface area contributed by atoms with E-state index in [4.69, 9.17) is 0 Å². The van der Waals surface area contributed by atoms with Gasteiger partial charge in [0.25, 0.3) is 0 Å². The zero-order chi connectivity index (χ0) is 5.11. The standard InChI is InChI=1S/C5H8IN/c1-2-5-3-6-7-4-5/h3-4,7H,2H2,1H3. The molecule has 0 aromatic carbocycles. The van der Waals surface area contributed by atoms with Crippen LogP contribution in [0.1, 0.15) is 13.3 Å². The predicted molar refractivity (Wildman–Crippen MR) is 41.6 cm³/mol. The number of nitrogens with one attached hydrogen (secondary N) is 1. The number of allylic oxidation sites excluding steroid dienone is 1. The summed E-state index contributed by atoms with van der Waals surface area (Å²) in [5.74, 6) is 0. The van der Waals surface area contributed by atoms with E-state index in [0.717, 1.165) is 0 Å². The smallest absolute Gasteiger partial charge is 0.00910 e. The third-order valence-electron chi connectivity index (χ3n) is 0.906. The Morgan fingerprint density at radius 3 is 3.00 bits per heavy atom. The Morgan fingerprint density at radius 1 is 1.86 bits per heavy atom. The molecule has 0 unspecified atom stereocenters. The van der Waals surface area contributed by atoms with E-state index in [-0.39, 0.29) is 21.0 Å². The molecule has 40 valence electrons. The van der Waals surface area contributed by atoms with E-state index in [2.05, 4.69) is 20.7 Å². The predicted octanol–water partition coefficient (Wildman–Crippen LogP) is 1.57. The van der Waals surface area contributed by atoms with Gasteiger partial charge in [-0.15, -0.1) is 0 Å². The molecule has 7 heavy (non-hydrogen) atoms. The van der Waals surface area contributed by atoms with Gasteiger partial charge in [-0.05, 0) is 37.0 Å². The van der Waals surface area contributed by atoms with Crippen molar-refractivity contribution in [1.82, 2.24) is 3.53 Å². The van der Waals surface area contributed by atoms with Crippen molar-refractivity contribution in [3.8, 4) is 0 Å². The van der Waals surface area contributed by atoms with Crippen molar-refractivity contribution in [3.05, 3.63) is 11.8 Å². The fraction of sp³-hybridized carbons (Fsp3) is 0.400. The van der Waals surface area contributed by atoms with E-state index in [1.165, 1.54) is 12.0 Å². The van der Waals surface area contributed by atoms with Gasteiger partial charge in [0.05, 0.1) is 0 Å². The Balaban J connectivity index is 2.52. The normalized spacial score (nSPS) is 17.6. The van der Waals surface area contributed by atoms with Gasteiger partial charge in [0, 0.05) is 6.20 Å². The van der Waals surface area contributed by atoms with Gasteiger partial charge < -0.3 is 3.53 Å². The second-order valence-corrected chi connectivity index (χ2v) is 3.27. The summed E-state index contributed by atoms with van der Waals surface area (Å²) in [4.78, 5) is 0. The Hall–Kier alpha value is 0.140. The summed E-state index contributed by atoms with van der Waals surface area (Å²) in [7, 11) is 0. The van der Waals surface area contributed by atoms with Crippen molar-refractivity contribution in [1.29, 1.82) is 0 Å². The van der Waals surface area contributed by atoms with Crippen LogP contribution in [0.2, 0.25) is 0 Å². The van der Waals surface area contributed by atoms with Crippen LogP contribution in [0.5, 0.6) is 0 Å². The molecule has 0 saturated carbocycles. The molecule has 1 aliphatic heterocycles. The Morgan fingerprint density at radius 2 is 2.71 bits per heavy atom. The molecular weight excluding hydrogens is 201 g/mol. The molecular formula is C5H8IN. The molecule has 0 aromatic heterocycles. The van der Waals surface area contributed by atoms with Crippen LogP contribution in [0.3, 0.4) is 0 Å². The second-order valence-electron chi connectivity index (χ2n) is 1.40. The summed E-state index contributed by atoms with van der Waals surface area (Å²) >= 11 is 0.228. The van der Waals surface area contributed by atoms with Gasteiger partial charge in [0.1, 0.15) is 0 Å². The molecule has 0 spiro atoms. The Bertz CT molecular complexity index is 115. The van der Waals surface area contributed by atoms with Crippen LogP contribution >= 0.6 is 21.0 Å². The van der Waals surface area contributed by atoms with E-state index < -0.39 is 0 Å². The van der Waals surface area contributed by atoms with Gasteiger partial charge in [-0.3, -0.25) is 0 Å². The summed E-state index contributed by atoms with van der Waals surface area (Å²) in [6.07, 6.45) is 3.31. The second kappa shape index (κ2) is 2.45. The lowest BCUT2D eigenvalue weighted by Crippen LogP contribution is -1.78. The lowest BCUT2D eigenvalue weighted by Gasteiger charge is -1.82. The first kappa shape index (κ1) is 5.28. The van der Waals surface area contributed by atoms with Gasteiger partial charge in [-0.1, -0.05) is 6.92 Å². The summed E-state index contributed by atoms with van der Waals surface area (Å²) in [5.41, 5.74) is 1.48. The van der Waals surface area contributed by atoms with Crippen molar-refractivity contribution in [3.63, 3.8) is 0 Å². The molecule has 1 aliphatic rings. The Kier molecular flexibility index (Phi) is 1.85. The van der Waals surface area contributed by atoms with Gasteiger partial charge in [0.15, 0.2) is 0 Å². The minimum atomic E-state index is 0.228. The third-order valence-corrected chi connectivity index (χ3v) is 2.69. The van der Waals surface area contributed by atoms with Crippen LogP contribution in [-0.2, 0) is 0 Å². The molecule has 1 nitrogen and oxygen atoms in total. The molecule has 0 bridgehead atoms. The van der Waals surface area contributed by atoms with E-state index in [1.807, 2.05) is 0 Å². The highest BCUT2D eigenvalue weighted by Gasteiger charge is 1.90. The molecule has 0 aliphatic carbocycles. The molecule has 0 saturated heterocycles. The number of hydrogen-bond acceptors (Lipinski definition) is 1.